The van der Waals surface area contributed by atoms with Crippen molar-refractivity contribution < 1.29 is 4.79 Å². The number of fused-ring (bicyclic) bond motifs is 3. The summed E-state index contributed by atoms with van der Waals surface area (Å²) < 4.78 is 0. The monoisotopic (exact) mass is 437 g/mol. The van der Waals surface area contributed by atoms with Crippen LogP contribution < -0.4 is 10.2 Å². The quantitative estimate of drug-likeness (QED) is 0.610. The number of rotatable bonds is 5. The number of nitrogens with zero attached hydrogens (tertiary/aromatic N) is 2. The second kappa shape index (κ2) is 8.35. The molecule has 3 aliphatic rings. The Balaban J connectivity index is 1.10. The van der Waals surface area contributed by atoms with Crippen LogP contribution in [0.25, 0.3) is 11.1 Å². The number of hydrogen-bond acceptors (Lipinski definition) is 3. The van der Waals surface area contributed by atoms with Crippen molar-refractivity contribution >= 4 is 11.6 Å². The molecule has 4 heteroatoms. The second-order valence-electron chi connectivity index (χ2n) is 9.67. The van der Waals surface area contributed by atoms with E-state index >= 15 is 0 Å². The molecule has 1 amide bonds. The normalized spacial score (nSPS) is 19.5. The molecular formula is C29H31N3O. The first-order valence-corrected chi connectivity index (χ1v) is 12.3. The molecule has 6 rings (SSSR count). The minimum absolute atomic E-state index is 0.199. The fraction of sp³-hybridized carbons (Fsp3) is 0.345. The molecule has 1 aliphatic carbocycles. The molecule has 0 atom stereocenters. The number of likely N-dealkylation sites (tertiary alicyclic amines) is 1. The van der Waals surface area contributed by atoms with Crippen molar-refractivity contribution in [3.05, 3.63) is 90.0 Å². The van der Waals surface area contributed by atoms with Gasteiger partial charge in [-0.25, -0.2) is 0 Å². The SMILES string of the molecule is O=C1NCN(c2ccccc2)C12CCN(CCCC1c3ccccc3-c3ccccc31)CC2. The van der Waals surface area contributed by atoms with Crippen LogP contribution >= 0.6 is 0 Å². The minimum Gasteiger partial charge on any atom is -0.339 e. The number of carbonyl (C=O) groups excluding carboxylic acids is 1. The van der Waals surface area contributed by atoms with Gasteiger partial charge in [0.05, 0.1) is 6.67 Å². The summed E-state index contributed by atoms with van der Waals surface area (Å²) in [4.78, 5) is 17.7. The Morgan fingerprint density at radius 3 is 2.09 bits per heavy atom. The fourth-order valence-electron chi connectivity index (χ4n) is 6.27. The van der Waals surface area contributed by atoms with Crippen LogP contribution in [0.3, 0.4) is 0 Å². The molecule has 168 valence electrons. The van der Waals surface area contributed by atoms with Crippen LogP contribution in [0.15, 0.2) is 78.9 Å². The van der Waals surface area contributed by atoms with Crippen LogP contribution in [-0.2, 0) is 4.79 Å². The zero-order valence-corrected chi connectivity index (χ0v) is 19.0. The highest BCUT2D eigenvalue weighted by atomic mass is 16.2. The van der Waals surface area contributed by atoms with E-state index in [9.17, 15) is 4.79 Å². The summed E-state index contributed by atoms with van der Waals surface area (Å²) in [5, 5.41) is 3.11. The summed E-state index contributed by atoms with van der Waals surface area (Å²) in [5.41, 5.74) is 6.54. The number of benzene rings is 3. The van der Waals surface area contributed by atoms with Gasteiger partial charge in [0.15, 0.2) is 0 Å². The predicted molar refractivity (Wildman–Crippen MR) is 133 cm³/mol. The first-order chi connectivity index (χ1) is 16.3. The van der Waals surface area contributed by atoms with Gasteiger partial charge in [-0.15, -0.1) is 0 Å². The number of anilines is 1. The number of amides is 1. The van der Waals surface area contributed by atoms with E-state index in [2.05, 4.69) is 87.9 Å². The second-order valence-corrected chi connectivity index (χ2v) is 9.67. The van der Waals surface area contributed by atoms with Gasteiger partial charge in [-0.1, -0.05) is 66.7 Å². The van der Waals surface area contributed by atoms with E-state index in [1.807, 2.05) is 6.07 Å². The first-order valence-electron chi connectivity index (χ1n) is 12.3. The number of carbonyl (C=O) groups is 1. The lowest BCUT2D eigenvalue weighted by molar-refractivity contribution is -0.125. The summed E-state index contributed by atoms with van der Waals surface area (Å²) in [6.07, 6.45) is 4.13. The Kier molecular flexibility index (Phi) is 5.18. The molecule has 3 aromatic carbocycles. The Bertz CT molecular complexity index is 1100. The van der Waals surface area contributed by atoms with Gasteiger partial charge in [0, 0.05) is 24.7 Å². The van der Waals surface area contributed by atoms with Gasteiger partial charge < -0.3 is 15.1 Å². The molecule has 0 radical (unpaired) electrons. The molecule has 2 aliphatic heterocycles. The van der Waals surface area contributed by atoms with Gasteiger partial charge in [0.1, 0.15) is 5.54 Å². The molecule has 2 fully saturated rings. The lowest BCUT2D eigenvalue weighted by atomic mass is 9.85. The Morgan fingerprint density at radius 1 is 0.818 bits per heavy atom. The number of hydrogen-bond donors (Lipinski definition) is 1. The van der Waals surface area contributed by atoms with E-state index in [-0.39, 0.29) is 11.4 Å². The van der Waals surface area contributed by atoms with Gasteiger partial charge in [0.25, 0.3) is 0 Å². The van der Waals surface area contributed by atoms with Crippen molar-refractivity contribution in [2.24, 2.45) is 0 Å². The van der Waals surface area contributed by atoms with E-state index in [1.165, 1.54) is 35.1 Å². The molecule has 0 aromatic heterocycles. The van der Waals surface area contributed by atoms with E-state index in [0.717, 1.165) is 38.2 Å². The van der Waals surface area contributed by atoms with Crippen LogP contribution in [0, 0.1) is 0 Å². The van der Waals surface area contributed by atoms with Crippen molar-refractivity contribution in [3.63, 3.8) is 0 Å². The minimum atomic E-state index is -0.388. The fourth-order valence-corrected chi connectivity index (χ4v) is 6.27. The lowest BCUT2D eigenvalue weighted by Gasteiger charge is -2.43. The van der Waals surface area contributed by atoms with Gasteiger partial charge in [-0.3, -0.25) is 4.79 Å². The average Bonchev–Trinajstić information content (AvgIpc) is 3.36. The van der Waals surface area contributed by atoms with Gasteiger partial charge >= 0.3 is 0 Å². The molecule has 0 bridgehead atoms. The molecule has 4 nitrogen and oxygen atoms in total. The molecule has 2 heterocycles. The molecule has 33 heavy (non-hydrogen) atoms. The first kappa shape index (κ1) is 20.5. The van der Waals surface area contributed by atoms with Gasteiger partial charge in [0.2, 0.25) is 5.91 Å². The van der Waals surface area contributed by atoms with Crippen LogP contribution in [0.1, 0.15) is 42.7 Å². The number of piperidine rings is 1. The highest BCUT2D eigenvalue weighted by molar-refractivity contribution is 5.93. The third-order valence-electron chi connectivity index (χ3n) is 8.02. The topological polar surface area (TPSA) is 35.6 Å². The number of nitrogens with one attached hydrogen (secondary N) is 1. The zero-order chi connectivity index (χ0) is 22.3. The highest BCUT2D eigenvalue weighted by Crippen LogP contribution is 2.46. The maximum absolute atomic E-state index is 12.9. The van der Waals surface area contributed by atoms with Crippen molar-refractivity contribution in [1.29, 1.82) is 0 Å². The Morgan fingerprint density at radius 2 is 1.42 bits per heavy atom. The molecular weight excluding hydrogens is 406 g/mol. The third-order valence-corrected chi connectivity index (χ3v) is 8.02. The summed E-state index contributed by atoms with van der Waals surface area (Å²) in [5.74, 6) is 0.702. The van der Waals surface area contributed by atoms with E-state index in [1.54, 1.807) is 0 Å². The zero-order valence-electron chi connectivity index (χ0n) is 19.0. The van der Waals surface area contributed by atoms with Crippen LogP contribution in [-0.4, -0.2) is 42.6 Å². The maximum atomic E-state index is 12.9. The average molecular weight is 438 g/mol. The molecule has 0 saturated carbocycles. The summed E-state index contributed by atoms with van der Waals surface area (Å²) in [6, 6.07) is 28.2. The molecule has 3 aromatic rings. The maximum Gasteiger partial charge on any atom is 0.247 e. The number of para-hydroxylation sites is 1. The van der Waals surface area contributed by atoms with Crippen molar-refractivity contribution in [2.75, 3.05) is 31.2 Å². The van der Waals surface area contributed by atoms with Crippen LogP contribution in [0.5, 0.6) is 0 Å². The van der Waals surface area contributed by atoms with E-state index in [0.29, 0.717) is 12.6 Å². The molecule has 0 unspecified atom stereocenters. The Labute approximate surface area is 196 Å². The van der Waals surface area contributed by atoms with Crippen molar-refractivity contribution in [3.8, 4) is 11.1 Å². The van der Waals surface area contributed by atoms with E-state index in [4.69, 9.17) is 0 Å². The van der Waals surface area contributed by atoms with Gasteiger partial charge in [-0.2, -0.15) is 0 Å². The largest absolute Gasteiger partial charge is 0.339 e. The molecule has 1 N–H and O–H groups in total. The van der Waals surface area contributed by atoms with Crippen molar-refractivity contribution in [1.82, 2.24) is 10.2 Å². The van der Waals surface area contributed by atoms with Gasteiger partial charge in [-0.05, 0) is 66.6 Å². The summed E-state index contributed by atoms with van der Waals surface area (Å²) in [6.45, 7) is 3.68. The highest BCUT2D eigenvalue weighted by Gasteiger charge is 2.50. The van der Waals surface area contributed by atoms with E-state index < -0.39 is 0 Å². The van der Waals surface area contributed by atoms with Crippen LogP contribution in [0.4, 0.5) is 5.69 Å². The summed E-state index contributed by atoms with van der Waals surface area (Å²) >= 11 is 0. The smallest absolute Gasteiger partial charge is 0.247 e. The predicted octanol–water partition coefficient (Wildman–Crippen LogP) is 5.01. The van der Waals surface area contributed by atoms with Crippen LogP contribution in [0.2, 0.25) is 0 Å². The molecule has 1 spiro atoms. The summed E-state index contributed by atoms with van der Waals surface area (Å²) in [7, 11) is 0. The Hall–Kier alpha value is -3.11. The lowest BCUT2D eigenvalue weighted by Crippen LogP contribution is -2.56. The molecule has 2 saturated heterocycles. The standard InChI is InChI=1S/C29H31N3O/c33-28-29(32(21-30-28)22-9-2-1-3-10-22)16-19-31(20-17-29)18-8-15-27-25-13-6-4-11-23(25)24-12-5-7-14-26(24)27/h1-7,9-14,27H,8,15-21H2,(H,30,33). The van der Waals surface area contributed by atoms with Crippen molar-refractivity contribution in [2.45, 2.75) is 37.1 Å². The third kappa shape index (κ3) is 3.44.